The fourth-order valence-electron chi connectivity index (χ4n) is 3.27. The summed E-state index contributed by atoms with van der Waals surface area (Å²) >= 11 is 0. The lowest BCUT2D eigenvalue weighted by Gasteiger charge is -2.29. The Morgan fingerprint density at radius 1 is 1.20 bits per heavy atom. The van der Waals surface area contributed by atoms with E-state index in [1.807, 2.05) is 42.2 Å². The molecular weight excluding hydrogens is 316 g/mol. The van der Waals surface area contributed by atoms with Gasteiger partial charge in [-0.2, -0.15) is 0 Å². The van der Waals surface area contributed by atoms with E-state index in [0.29, 0.717) is 18.8 Å². The Bertz CT molecular complexity index is 921. The molecule has 25 heavy (non-hydrogen) atoms. The first kappa shape index (κ1) is 15.7. The van der Waals surface area contributed by atoms with Crippen LogP contribution in [0.25, 0.3) is 16.6 Å². The van der Waals surface area contributed by atoms with Gasteiger partial charge in [-0.15, -0.1) is 5.10 Å². The second-order valence-electron chi connectivity index (χ2n) is 6.42. The monoisotopic (exact) mass is 336 g/mol. The topological polar surface area (TPSA) is 89.9 Å². The number of amides is 1. The van der Waals surface area contributed by atoms with Crippen molar-refractivity contribution in [1.82, 2.24) is 24.9 Å². The van der Waals surface area contributed by atoms with Gasteiger partial charge in [0.05, 0.1) is 16.9 Å². The molecule has 0 saturated carbocycles. The highest BCUT2D eigenvalue weighted by atomic mass is 16.2. The number of aromatic nitrogens is 4. The maximum absolute atomic E-state index is 12.8. The van der Waals surface area contributed by atoms with Gasteiger partial charge in [0.1, 0.15) is 0 Å². The molecule has 0 spiro atoms. The highest BCUT2D eigenvalue weighted by molar-refractivity contribution is 5.94. The smallest absolute Gasteiger partial charge is 0.276 e. The average molecular weight is 336 g/mol. The van der Waals surface area contributed by atoms with Crippen LogP contribution in [0.4, 0.5) is 0 Å². The van der Waals surface area contributed by atoms with E-state index >= 15 is 0 Å². The number of likely N-dealkylation sites (tertiary alicyclic amines) is 1. The average Bonchev–Trinajstić information content (AvgIpc) is 3.02. The Kier molecular flexibility index (Phi) is 3.93. The number of benzene rings is 1. The molecule has 1 saturated heterocycles. The van der Waals surface area contributed by atoms with E-state index in [4.69, 9.17) is 5.73 Å². The first-order valence-corrected chi connectivity index (χ1v) is 8.46. The molecule has 3 heterocycles. The minimum absolute atomic E-state index is 0.0798. The van der Waals surface area contributed by atoms with Crippen LogP contribution in [0, 0.1) is 6.92 Å². The van der Waals surface area contributed by atoms with Crippen LogP contribution in [-0.4, -0.2) is 49.9 Å². The van der Waals surface area contributed by atoms with Crippen LogP contribution in [0.3, 0.4) is 0 Å². The normalized spacial score (nSPS) is 15.7. The first-order valence-electron chi connectivity index (χ1n) is 8.46. The van der Waals surface area contributed by atoms with Gasteiger partial charge >= 0.3 is 0 Å². The third-order valence-electron chi connectivity index (χ3n) is 4.76. The molecule has 7 nitrogen and oxygen atoms in total. The van der Waals surface area contributed by atoms with Gasteiger partial charge in [0.2, 0.25) is 0 Å². The Balaban J connectivity index is 1.70. The third-order valence-corrected chi connectivity index (χ3v) is 4.76. The van der Waals surface area contributed by atoms with Crippen LogP contribution in [0.2, 0.25) is 0 Å². The van der Waals surface area contributed by atoms with Crippen molar-refractivity contribution in [3.8, 4) is 5.69 Å². The van der Waals surface area contributed by atoms with Crippen LogP contribution >= 0.6 is 0 Å². The Labute approximate surface area is 145 Å². The van der Waals surface area contributed by atoms with Crippen molar-refractivity contribution in [2.45, 2.75) is 25.8 Å². The predicted octanol–water partition coefficient (Wildman–Crippen LogP) is 1.69. The molecule has 3 aromatic rings. The van der Waals surface area contributed by atoms with Crippen molar-refractivity contribution >= 4 is 16.8 Å². The van der Waals surface area contributed by atoms with E-state index in [-0.39, 0.29) is 11.9 Å². The number of para-hydroxylation sites is 1. The van der Waals surface area contributed by atoms with Gasteiger partial charge in [-0.3, -0.25) is 9.78 Å². The zero-order chi connectivity index (χ0) is 17.4. The van der Waals surface area contributed by atoms with Gasteiger partial charge in [0, 0.05) is 30.7 Å². The summed E-state index contributed by atoms with van der Waals surface area (Å²) in [6.07, 6.45) is 3.40. The second kappa shape index (κ2) is 6.25. The molecule has 0 radical (unpaired) electrons. The minimum Gasteiger partial charge on any atom is -0.337 e. The number of nitrogens with zero attached hydrogens (tertiary/aromatic N) is 5. The molecule has 4 rings (SSSR count). The fraction of sp³-hybridized carbons (Fsp3) is 0.333. The van der Waals surface area contributed by atoms with Crippen LogP contribution in [0.1, 0.15) is 29.0 Å². The quantitative estimate of drug-likeness (QED) is 0.769. The molecule has 0 aliphatic carbocycles. The van der Waals surface area contributed by atoms with Gasteiger partial charge in [0.15, 0.2) is 5.69 Å². The van der Waals surface area contributed by atoms with Crippen molar-refractivity contribution in [3.05, 3.63) is 47.9 Å². The lowest BCUT2D eigenvalue weighted by molar-refractivity contribution is 0.0708. The summed E-state index contributed by atoms with van der Waals surface area (Å²) in [5, 5.41) is 9.40. The second-order valence-corrected chi connectivity index (χ2v) is 6.42. The highest BCUT2D eigenvalue weighted by Crippen LogP contribution is 2.22. The van der Waals surface area contributed by atoms with Crippen LogP contribution in [0.5, 0.6) is 0 Å². The molecule has 1 aromatic carbocycles. The van der Waals surface area contributed by atoms with Gasteiger partial charge in [-0.25, -0.2) is 4.68 Å². The van der Waals surface area contributed by atoms with Crippen LogP contribution in [0.15, 0.2) is 36.5 Å². The summed E-state index contributed by atoms with van der Waals surface area (Å²) in [5.41, 5.74) is 8.69. The number of nitrogens with two attached hydrogens (primary N) is 1. The van der Waals surface area contributed by atoms with Crippen molar-refractivity contribution < 1.29 is 4.79 Å². The zero-order valence-corrected chi connectivity index (χ0v) is 14.1. The van der Waals surface area contributed by atoms with Gasteiger partial charge in [-0.05, 0) is 31.9 Å². The molecule has 2 aromatic heterocycles. The largest absolute Gasteiger partial charge is 0.337 e. The molecule has 1 amide bonds. The number of hydrogen-bond acceptors (Lipinski definition) is 5. The summed E-state index contributed by atoms with van der Waals surface area (Å²) in [6.45, 7) is 3.20. The van der Waals surface area contributed by atoms with Crippen LogP contribution in [-0.2, 0) is 0 Å². The first-order chi connectivity index (χ1) is 12.1. The Morgan fingerprint density at radius 2 is 1.96 bits per heavy atom. The van der Waals surface area contributed by atoms with E-state index in [2.05, 4.69) is 15.3 Å². The number of fused-ring (bicyclic) bond motifs is 1. The number of carbonyl (C=O) groups excluding carboxylic acids is 1. The zero-order valence-electron chi connectivity index (χ0n) is 14.1. The molecule has 0 unspecified atom stereocenters. The molecule has 0 atom stereocenters. The molecule has 1 aliphatic heterocycles. The van der Waals surface area contributed by atoms with E-state index in [0.717, 1.165) is 35.1 Å². The molecule has 7 heteroatoms. The lowest BCUT2D eigenvalue weighted by Crippen LogP contribution is -2.43. The van der Waals surface area contributed by atoms with Crippen LogP contribution < -0.4 is 5.73 Å². The molecule has 128 valence electrons. The summed E-state index contributed by atoms with van der Waals surface area (Å²) in [7, 11) is 0. The molecule has 1 aliphatic rings. The number of carbonyl (C=O) groups is 1. The number of piperidine rings is 1. The highest BCUT2D eigenvalue weighted by Gasteiger charge is 2.26. The SMILES string of the molecule is Cc1c(C(=O)N2CCC(N)CC2)nnn1-c1cccc2cccnc12. The van der Waals surface area contributed by atoms with Gasteiger partial charge in [-0.1, -0.05) is 23.4 Å². The number of hydrogen-bond donors (Lipinski definition) is 1. The minimum atomic E-state index is -0.0798. The van der Waals surface area contributed by atoms with E-state index in [1.54, 1.807) is 10.9 Å². The summed E-state index contributed by atoms with van der Waals surface area (Å²) in [4.78, 5) is 19.1. The third kappa shape index (κ3) is 2.76. The Hall–Kier alpha value is -2.80. The van der Waals surface area contributed by atoms with E-state index < -0.39 is 0 Å². The van der Waals surface area contributed by atoms with Gasteiger partial charge in [0.25, 0.3) is 5.91 Å². The fourth-order valence-corrected chi connectivity index (χ4v) is 3.27. The summed E-state index contributed by atoms with van der Waals surface area (Å²) in [5.74, 6) is -0.0798. The van der Waals surface area contributed by atoms with E-state index in [9.17, 15) is 4.79 Å². The number of pyridine rings is 1. The van der Waals surface area contributed by atoms with Crippen molar-refractivity contribution in [2.75, 3.05) is 13.1 Å². The predicted molar refractivity (Wildman–Crippen MR) is 94.5 cm³/mol. The molecule has 0 bridgehead atoms. The standard InChI is InChI=1S/C18H20N6O/c1-12-16(18(25)23-10-7-14(19)8-11-23)21-22-24(12)15-6-2-4-13-5-3-9-20-17(13)15/h2-6,9,14H,7-8,10-11,19H2,1H3. The number of rotatable bonds is 2. The van der Waals surface area contributed by atoms with Crippen molar-refractivity contribution in [3.63, 3.8) is 0 Å². The maximum atomic E-state index is 12.8. The lowest BCUT2D eigenvalue weighted by atomic mass is 10.1. The molecule has 2 N–H and O–H groups in total. The van der Waals surface area contributed by atoms with Crippen molar-refractivity contribution in [2.24, 2.45) is 5.73 Å². The Morgan fingerprint density at radius 3 is 2.76 bits per heavy atom. The van der Waals surface area contributed by atoms with Crippen molar-refractivity contribution in [1.29, 1.82) is 0 Å². The summed E-state index contributed by atoms with van der Waals surface area (Å²) in [6, 6.07) is 9.97. The maximum Gasteiger partial charge on any atom is 0.276 e. The van der Waals surface area contributed by atoms with E-state index in [1.165, 1.54) is 0 Å². The molecular formula is C18H20N6O. The molecule has 1 fully saturated rings. The van der Waals surface area contributed by atoms with Gasteiger partial charge < -0.3 is 10.6 Å². The summed E-state index contributed by atoms with van der Waals surface area (Å²) < 4.78 is 1.69.